The van der Waals surface area contributed by atoms with E-state index in [1.54, 1.807) is 0 Å². The SMILES string of the molecule is CCNC(=O)CNC(=O)C[NH+](C)Cc1ccc(C)cc1C. The molecule has 0 spiro atoms. The van der Waals surface area contributed by atoms with Crippen molar-refractivity contribution in [3.63, 3.8) is 0 Å². The highest BCUT2D eigenvalue weighted by atomic mass is 16.2. The largest absolute Gasteiger partial charge is 0.355 e. The zero-order valence-electron chi connectivity index (χ0n) is 13.4. The molecule has 0 fully saturated rings. The summed E-state index contributed by atoms with van der Waals surface area (Å²) < 4.78 is 0. The first-order chi connectivity index (χ1) is 9.92. The molecule has 1 aromatic carbocycles. The molecule has 0 saturated carbocycles. The maximum atomic E-state index is 11.8. The van der Waals surface area contributed by atoms with Gasteiger partial charge in [0.2, 0.25) is 5.91 Å². The Morgan fingerprint density at radius 3 is 2.48 bits per heavy atom. The summed E-state index contributed by atoms with van der Waals surface area (Å²) >= 11 is 0. The predicted octanol–water partition coefficient (Wildman–Crippen LogP) is -0.430. The van der Waals surface area contributed by atoms with Crippen LogP contribution in [0.4, 0.5) is 0 Å². The third kappa shape index (κ3) is 6.40. The van der Waals surface area contributed by atoms with E-state index < -0.39 is 0 Å². The van der Waals surface area contributed by atoms with Gasteiger partial charge in [-0.1, -0.05) is 23.8 Å². The molecule has 5 heteroatoms. The van der Waals surface area contributed by atoms with E-state index in [4.69, 9.17) is 0 Å². The number of aryl methyl sites for hydroxylation is 2. The van der Waals surface area contributed by atoms with Crippen molar-refractivity contribution in [2.75, 3.05) is 26.7 Å². The Hall–Kier alpha value is -1.88. The van der Waals surface area contributed by atoms with Crippen molar-refractivity contribution in [2.45, 2.75) is 27.3 Å². The lowest BCUT2D eigenvalue weighted by Gasteiger charge is -2.15. The average molecular weight is 292 g/mol. The Morgan fingerprint density at radius 2 is 1.86 bits per heavy atom. The van der Waals surface area contributed by atoms with Crippen LogP contribution in [0.2, 0.25) is 0 Å². The second kappa shape index (κ2) is 8.42. The van der Waals surface area contributed by atoms with Crippen LogP contribution >= 0.6 is 0 Å². The van der Waals surface area contributed by atoms with E-state index in [9.17, 15) is 9.59 Å². The molecule has 21 heavy (non-hydrogen) atoms. The fourth-order valence-electron chi connectivity index (χ4n) is 2.21. The molecule has 1 aromatic rings. The molecule has 3 N–H and O–H groups in total. The first kappa shape index (κ1) is 17.2. The fraction of sp³-hybridized carbons (Fsp3) is 0.500. The van der Waals surface area contributed by atoms with Crippen LogP contribution in [0.5, 0.6) is 0 Å². The van der Waals surface area contributed by atoms with Crippen LogP contribution in [-0.2, 0) is 16.1 Å². The minimum atomic E-state index is -0.155. The summed E-state index contributed by atoms with van der Waals surface area (Å²) in [7, 11) is 1.98. The monoisotopic (exact) mass is 292 g/mol. The van der Waals surface area contributed by atoms with Crippen molar-refractivity contribution >= 4 is 11.8 Å². The Balaban J connectivity index is 2.40. The number of rotatable bonds is 7. The number of amides is 2. The number of nitrogens with one attached hydrogen (secondary N) is 3. The molecule has 1 atom stereocenters. The van der Waals surface area contributed by atoms with Crippen molar-refractivity contribution in [1.82, 2.24) is 10.6 Å². The Bertz CT molecular complexity index is 500. The second-order valence-corrected chi connectivity index (χ2v) is 5.47. The quantitative estimate of drug-likeness (QED) is 0.639. The van der Waals surface area contributed by atoms with E-state index in [2.05, 4.69) is 42.7 Å². The molecular weight excluding hydrogens is 266 g/mol. The van der Waals surface area contributed by atoms with Crippen LogP contribution in [0, 0.1) is 13.8 Å². The molecule has 0 radical (unpaired) electrons. The summed E-state index contributed by atoms with van der Waals surface area (Å²) in [4.78, 5) is 24.1. The van der Waals surface area contributed by atoms with E-state index in [1.165, 1.54) is 16.7 Å². The third-order valence-corrected chi connectivity index (χ3v) is 3.27. The van der Waals surface area contributed by atoms with Crippen LogP contribution in [0.3, 0.4) is 0 Å². The van der Waals surface area contributed by atoms with E-state index in [0.29, 0.717) is 13.1 Å². The summed E-state index contributed by atoms with van der Waals surface area (Å²) in [5.41, 5.74) is 3.74. The van der Waals surface area contributed by atoms with Gasteiger partial charge in [0.25, 0.3) is 5.91 Å². The fourth-order valence-corrected chi connectivity index (χ4v) is 2.21. The van der Waals surface area contributed by atoms with Crippen LogP contribution in [0.15, 0.2) is 18.2 Å². The average Bonchev–Trinajstić information content (AvgIpc) is 2.40. The summed E-state index contributed by atoms with van der Waals surface area (Å²) in [5, 5.41) is 5.28. The first-order valence-electron chi connectivity index (χ1n) is 7.33. The summed E-state index contributed by atoms with van der Waals surface area (Å²) in [6, 6.07) is 6.35. The molecule has 0 aliphatic rings. The number of quaternary nitrogens is 1. The predicted molar refractivity (Wildman–Crippen MR) is 83.1 cm³/mol. The maximum absolute atomic E-state index is 11.8. The molecule has 0 aromatic heterocycles. The highest BCUT2D eigenvalue weighted by molar-refractivity contribution is 5.84. The van der Waals surface area contributed by atoms with Crippen molar-refractivity contribution in [2.24, 2.45) is 0 Å². The lowest BCUT2D eigenvalue weighted by atomic mass is 10.1. The van der Waals surface area contributed by atoms with Gasteiger partial charge in [-0.3, -0.25) is 9.59 Å². The number of carbonyl (C=O) groups is 2. The Kier molecular flexibility index (Phi) is 6.88. The van der Waals surface area contributed by atoms with Crippen molar-refractivity contribution in [3.05, 3.63) is 34.9 Å². The summed E-state index contributed by atoms with van der Waals surface area (Å²) in [6.07, 6.45) is 0. The zero-order valence-corrected chi connectivity index (χ0v) is 13.4. The van der Waals surface area contributed by atoms with Crippen LogP contribution < -0.4 is 15.5 Å². The zero-order chi connectivity index (χ0) is 15.8. The highest BCUT2D eigenvalue weighted by Gasteiger charge is 2.12. The van der Waals surface area contributed by atoms with Gasteiger partial charge in [-0.05, 0) is 26.3 Å². The summed E-state index contributed by atoms with van der Waals surface area (Å²) in [5.74, 6) is -0.263. The maximum Gasteiger partial charge on any atom is 0.275 e. The van der Waals surface area contributed by atoms with Gasteiger partial charge in [0.05, 0.1) is 13.6 Å². The number of benzene rings is 1. The smallest absolute Gasteiger partial charge is 0.275 e. The number of hydrogen-bond acceptors (Lipinski definition) is 2. The van der Waals surface area contributed by atoms with Gasteiger partial charge < -0.3 is 15.5 Å². The molecule has 0 aliphatic heterocycles. The number of likely N-dealkylation sites (N-methyl/N-ethyl adjacent to an activating group) is 2. The van der Waals surface area contributed by atoms with Gasteiger partial charge in [0.15, 0.2) is 6.54 Å². The molecule has 0 aliphatic carbocycles. The molecule has 0 heterocycles. The minimum absolute atomic E-state index is 0.0452. The van der Waals surface area contributed by atoms with Gasteiger partial charge in [-0.15, -0.1) is 0 Å². The standard InChI is InChI=1S/C16H25N3O2/c1-5-17-15(20)9-18-16(21)11-19(4)10-14-7-6-12(2)8-13(14)3/h6-8H,5,9-11H2,1-4H3,(H,17,20)(H,18,21)/p+1. The Morgan fingerprint density at radius 1 is 1.14 bits per heavy atom. The number of hydrogen-bond donors (Lipinski definition) is 3. The van der Waals surface area contributed by atoms with E-state index >= 15 is 0 Å². The molecule has 5 nitrogen and oxygen atoms in total. The van der Waals surface area contributed by atoms with Crippen LogP contribution in [-0.4, -0.2) is 38.5 Å². The molecule has 116 valence electrons. The molecular formula is C16H26N3O2+. The van der Waals surface area contributed by atoms with Gasteiger partial charge in [0.1, 0.15) is 6.54 Å². The van der Waals surface area contributed by atoms with Gasteiger partial charge in [-0.2, -0.15) is 0 Å². The third-order valence-electron chi connectivity index (χ3n) is 3.27. The molecule has 1 rings (SSSR count). The lowest BCUT2D eigenvalue weighted by molar-refractivity contribution is -0.885. The highest BCUT2D eigenvalue weighted by Crippen LogP contribution is 2.08. The van der Waals surface area contributed by atoms with Gasteiger partial charge in [-0.25, -0.2) is 0 Å². The number of carbonyl (C=O) groups excluding carboxylic acids is 2. The topological polar surface area (TPSA) is 62.6 Å². The van der Waals surface area contributed by atoms with Crippen LogP contribution in [0.25, 0.3) is 0 Å². The first-order valence-corrected chi connectivity index (χ1v) is 7.33. The van der Waals surface area contributed by atoms with Crippen molar-refractivity contribution in [3.8, 4) is 0 Å². The van der Waals surface area contributed by atoms with Crippen molar-refractivity contribution in [1.29, 1.82) is 0 Å². The van der Waals surface area contributed by atoms with E-state index in [0.717, 1.165) is 11.4 Å². The van der Waals surface area contributed by atoms with E-state index in [1.807, 2.05) is 14.0 Å². The molecule has 1 unspecified atom stereocenters. The molecule has 0 saturated heterocycles. The van der Waals surface area contributed by atoms with E-state index in [-0.39, 0.29) is 18.4 Å². The van der Waals surface area contributed by atoms with Gasteiger partial charge >= 0.3 is 0 Å². The van der Waals surface area contributed by atoms with Crippen LogP contribution in [0.1, 0.15) is 23.6 Å². The molecule has 0 bridgehead atoms. The normalized spacial score (nSPS) is 11.8. The van der Waals surface area contributed by atoms with Crippen molar-refractivity contribution < 1.29 is 14.5 Å². The Labute approximate surface area is 126 Å². The minimum Gasteiger partial charge on any atom is -0.355 e. The second-order valence-electron chi connectivity index (χ2n) is 5.47. The lowest BCUT2D eigenvalue weighted by Crippen LogP contribution is -3.09. The molecule has 2 amide bonds. The summed E-state index contributed by atoms with van der Waals surface area (Å²) in [6.45, 7) is 7.78. The van der Waals surface area contributed by atoms with Gasteiger partial charge in [0, 0.05) is 12.1 Å².